The van der Waals surface area contributed by atoms with E-state index in [9.17, 15) is 4.79 Å². The quantitative estimate of drug-likeness (QED) is 0.563. The Morgan fingerprint density at radius 3 is 3.17 bits per heavy atom. The van der Waals surface area contributed by atoms with Crippen LogP contribution in [0.2, 0.25) is 5.28 Å². The Labute approximate surface area is 71.6 Å². The fourth-order valence-corrected chi connectivity index (χ4v) is 1.03. The van der Waals surface area contributed by atoms with E-state index >= 15 is 0 Å². The molecule has 0 fully saturated rings. The summed E-state index contributed by atoms with van der Waals surface area (Å²) in [5, 5.41) is 0.0962. The van der Waals surface area contributed by atoms with Crippen LogP contribution in [0.4, 0.5) is 0 Å². The van der Waals surface area contributed by atoms with Crippen LogP contribution in [0.3, 0.4) is 0 Å². The molecular weight excluding hydrogens is 182 g/mol. The zero-order valence-electron chi connectivity index (χ0n) is 6.11. The van der Waals surface area contributed by atoms with Gasteiger partial charge in [-0.15, -0.1) is 0 Å². The fourth-order valence-electron chi connectivity index (χ4n) is 0.902. The van der Waals surface area contributed by atoms with E-state index in [1.807, 2.05) is 0 Å². The van der Waals surface area contributed by atoms with Gasteiger partial charge in [0, 0.05) is 7.05 Å². The molecule has 0 spiro atoms. The third-order valence-electron chi connectivity index (χ3n) is 1.50. The Bertz CT molecular complexity index is 487. The molecule has 2 heterocycles. The molecule has 0 saturated heterocycles. The van der Waals surface area contributed by atoms with Crippen molar-refractivity contribution in [3.05, 3.63) is 22.0 Å². The molecule has 0 unspecified atom stereocenters. The van der Waals surface area contributed by atoms with Crippen LogP contribution < -0.4 is 5.76 Å². The molecule has 0 aliphatic carbocycles. The topological polar surface area (TPSA) is 60.9 Å². The number of hydrogen-bond acceptors (Lipinski definition) is 4. The first-order chi connectivity index (χ1) is 5.68. The maximum absolute atomic E-state index is 10.9. The highest BCUT2D eigenvalue weighted by Gasteiger charge is 2.07. The van der Waals surface area contributed by atoms with Gasteiger partial charge < -0.3 is 4.42 Å². The lowest BCUT2D eigenvalue weighted by atomic mass is 10.6. The third kappa shape index (κ3) is 0.902. The number of fused-ring (bicyclic) bond motifs is 1. The van der Waals surface area contributed by atoms with Gasteiger partial charge in [-0.3, -0.25) is 4.57 Å². The molecule has 0 atom stereocenters. The number of nitrogens with zero attached hydrogens (tertiary/aromatic N) is 3. The smallest absolute Gasteiger partial charge is 0.404 e. The van der Waals surface area contributed by atoms with Gasteiger partial charge in [-0.05, 0) is 11.6 Å². The van der Waals surface area contributed by atoms with E-state index in [-0.39, 0.29) is 5.28 Å². The lowest BCUT2D eigenvalue weighted by Gasteiger charge is -1.89. The minimum atomic E-state index is -0.471. The van der Waals surface area contributed by atoms with Gasteiger partial charge in [0.2, 0.25) is 5.28 Å². The zero-order valence-corrected chi connectivity index (χ0v) is 6.87. The van der Waals surface area contributed by atoms with E-state index in [0.29, 0.717) is 11.2 Å². The molecule has 2 aromatic rings. The first-order valence-corrected chi connectivity index (χ1v) is 3.54. The van der Waals surface area contributed by atoms with Crippen molar-refractivity contribution in [1.82, 2.24) is 14.5 Å². The molecule has 0 aliphatic heterocycles. The third-order valence-corrected chi connectivity index (χ3v) is 1.68. The minimum Gasteiger partial charge on any atom is -0.404 e. The van der Waals surface area contributed by atoms with Crippen molar-refractivity contribution in [1.29, 1.82) is 0 Å². The second kappa shape index (κ2) is 2.31. The van der Waals surface area contributed by atoms with Crippen molar-refractivity contribution in [2.75, 3.05) is 0 Å². The first kappa shape index (κ1) is 7.30. The molecule has 0 saturated carbocycles. The zero-order chi connectivity index (χ0) is 8.72. The van der Waals surface area contributed by atoms with Gasteiger partial charge in [0.25, 0.3) is 0 Å². The summed E-state index contributed by atoms with van der Waals surface area (Å²) in [4.78, 5) is 18.4. The lowest BCUT2D eigenvalue weighted by Crippen LogP contribution is -2.09. The van der Waals surface area contributed by atoms with Crippen LogP contribution in [0.15, 0.2) is 15.4 Å². The van der Waals surface area contributed by atoms with Crippen LogP contribution >= 0.6 is 11.6 Å². The predicted molar refractivity (Wildman–Crippen MR) is 42.1 cm³/mol. The lowest BCUT2D eigenvalue weighted by molar-refractivity contribution is 0.527. The van der Waals surface area contributed by atoms with E-state index in [4.69, 9.17) is 16.0 Å². The van der Waals surface area contributed by atoms with Crippen LogP contribution in [0, 0.1) is 0 Å². The van der Waals surface area contributed by atoms with Gasteiger partial charge in [0.15, 0.2) is 11.2 Å². The molecule has 0 radical (unpaired) electrons. The van der Waals surface area contributed by atoms with Crippen molar-refractivity contribution in [2.45, 2.75) is 0 Å². The maximum Gasteiger partial charge on any atom is 0.420 e. The van der Waals surface area contributed by atoms with Crippen LogP contribution in [-0.2, 0) is 7.05 Å². The average molecular weight is 186 g/mol. The SMILES string of the molecule is Cn1c(=O)oc2cnc(Cl)nc21. The van der Waals surface area contributed by atoms with Crippen LogP contribution in [0.5, 0.6) is 0 Å². The van der Waals surface area contributed by atoms with Gasteiger partial charge in [-0.2, -0.15) is 4.98 Å². The number of rotatable bonds is 0. The second-order valence-electron chi connectivity index (χ2n) is 2.25. The van der Waals surface area contributed by atoms with Crippen molar-refractivity contribution >= 4 is 22.8 Å². The molecule has 0 aliphatic rings. The highest BCUT2D eigenvalue weighted by molar-refractivity contribution is 6.28. The van der Waals surface area contributed by atoms with E-state index in [0.717, 1.165) is 0 Å². The summed E-state index contributed by atoms with van der Waals surface area (Å²) in [6, 6.07) is 0. The van der Waals surface area contributed by atoms with E-state index in [1.54, 1.807) is 7.05 Å². The number of aryl methyl sites for hydroxylation is 1. The van der Waals surface area contributed by atoms with Gasteiger partial charge in [0.05, 0.1) is 6.20 Å². The normalized spacial score (nSPS) is 10.8. The first-order valence-electron chi connectivity index (χ1n) is 3.16. The largest absolute Gasteiger partial charge is 0.420 e. The molecular formula is C6H4ClN3O2. The summed E-state index contributed by atoms with van der Waals surface area (Å²) in [6.07, 6.45) is 1.37. The summed E-state index contributed by atoms with van der Waals surface area (Å²) in [5.41, 5.74) is 0.743. The number of aromatic nitrogens is 3. The molecule has 0 aromatic carbocycles. The average Bonchev–Trinajstić information content (AvgIpc) is 2.31. The molecule has 2 rings (SSSR count). The molecule has 12 heavy (non-hydrogen) atoms. The Hall–Kier alpha value is -1.36. The Kier molecular flexibility index (Phi) is 1.41. The molecule has 0 N–H and O–H groups in total. The van der Waals surface area contributed by atoms with Crippen LogP contribution in [-0.4, -0.2) is 14.5 Å². The van der Waals surface area contributed by atoms with E-state index in [1.165, 1.54) is 10.8 Å². The monoisotopic (exact) mass is 185 g/mol. The second-order valence-corrected chi connectivity index (χ2v) is 2.59. The maximum atomic E-state index is 10.9. The Balaban J connectivity index is 2.98. The standard InChI is InChI=1S/C6H4ClN3O2/c1-10-4-3(12-6(10)11)2-8-5(7)9-4/h2H,1H3. The van der Waals surface area contributed by atoms with Crippen molar-refractivity contribution in [2.24, 2.45) is 7.05 Å². The highest BCUT2D eigenvalue weighted by atomic mass is 35.5. The summed E-state index contributed by atoms with van der Waals surface area (Å²) >= 11 is 5.52. The summed E-state index contributed by atoms with van der Waals surface area (Å²) in [7, 11) is 1.55. The minimum absolute atomic E-state index is 0.0962. The predicted octanol–water partition coefficient (Wildman–Crippen LogP) is 0.575. The van der Waals surface area contributed by atoms with Gasteiger partial charge >= 0.3 is 5.76 Å². The number of halogens is 1. The molecule has 0 amide bonds. The number of hydrogen-bond donors (Lipinski definition) is 0. The van der Waals surface area contributed by atoms with Crippen LogP contribution in [0.25, 0.3) is 11.2 Å². The van der Waals surface area contributed by atoms with E-state index in [2.05, 4.69) is 9.97 Å². The fraction of sp³-hybridized carbons (Fsp3) is 0.167. The molecule has 6 heteroatoms. The van der Waals surface area contributed by atoms with Crippen molar-refractivity contribution < 1.29 is 4.42 Å². The van der Waals surface area contributed by atoms with Crippen molar-refractivity contribution in [3.8, 4) is 0 Å². The number of oxazole rings is 1. The highest BCUT2D eigenvalue weighted by Crippen LogP contribution is 2.09. The molecule has 62 valence electrons. The summed E-state index contributed by atoms with van der Waals surface area (Å²) in [5.74, 6) is -0.471. The summed E-state index contributed by atoms with van der Waals surface area (Å²) < 4.78 is 6.04. The Morgan fingerprint density at radius 2 is 2.42 bits per heavy atom. The Morgan fingerprint density at radius 1 is 1.67 bits per heavy atom. The van der Waals surface area contributed by atoms with Gasteiger partial charge in [-0.1, -0.05) is 0 Å². The molecule has 2 aromatic heterocycles. The van der Waals surface area contributed by atoms with Crippen LogP contribution in [0.1, 0.15) is 0 Å². The van der Waals surface area contributed by atoms with E-state index < -0.39 is 5.76 Å². The summed E-state index contributed by atoms with van der Waals surface area (Å²) in [6.45, 7) is 0. The molecule has 5 nitrogen and oxygen atoms in total. The van der Waals surface area contributed by atoms with Gasteiger partial charge in [-0.25, -0.2) is 9.78 Å². The molecule has 0 bridgehead atoms. The van der Waals surface area contributed by atoms with Crippen molar-refractivity contribution in [3.63, 3.8) is 0 Å². The van der Waals surface area contributed by atoms with Gasteiger partial charge in [0.1, 0.15) is 0 Å².